The van der Waals surface area contributed by atoms with Crippen LogP contribution in [0.2, 0.25) is 0 Å². The van der Waals surface area contributed by atoms with E-state index in [1.165, 1.54) is 0 Å². The van der Waals surface area contributed by atoms with E-state index in [0.717, 1.165) is 32.9 Å². The van der Waals surface area contributed by atoms with Crippen molar-refractivity contribution in [2.24, 2.45) is 0 Å². The molecule has 0 aliphatic rings. The summed E-state index contributed by atoms with van der Waals surface area (Å²) in [6.45, 7) is 7.41. The molecule has 0 fully saturated rings. The number of imidazole rings is 1. The van der Waals surface area contributed by atoms with Crippen molar-refractivity contribution in [3.8, 4) is 0 Å². The standard InChI is InChI=1S/C14H16N4OS/c1-4-17-7-15-5-11(17)6-18-8-16-13-12(14(18)19)9(2)10(3)20-13/h5,7-8H,4,6H2,1-3H3. The van der Waals surface area contributed by atoms with E-state index >= 15 is 0 Å². The van der Waals surface area contributed by atoms with Gasteiger partial charge in [0.1, 0.15) is 4.83 Å². The van der Waals surface area contributed by atoms with Crippen LogP contribution in [0.3, 0.4) is 0 Å². The molecule has 0 N–H and O–H groups in total. The lowest BCUT2D eigenvalue weighted by molar-refractivity contribution is 0.653. The van der Waals surface area contributed by atoms with Crippen molar-refractivity contribution in [1.82, 2.24) is 19.1 Å². The first-order valence-electron chi connectivity index (χ1n) is 6.56. The molecule has 0 aromatic carbocycles. The summed E-state index contributed by atoms with van der Waals surface area (Å²) in [5.74, 6) is 0. The highest BCUT2D eigenvalue weighted by Gasteiger charge is 2.12. The highest BCUT2D eigenvalue weighted by atomic mass is 32.1. The minimum atomic E-state index is 0.0284. The van der Waals surface area contributed by atoms with Crippen molar-refractivity contribution in [3.05, 3.63) is 45.3 Å². The van der Waals surface area contributed by atoms with Gasteiger partial charge in [0.2, 0.25) is 0 Å². The molecule has 104 valence electrons. The van der Waals surface area contributed by atoms with Gasteiger partial charge in [0.05, 0.1) is 30.3 Å². The molecular formula is C14H16N4OS. The average Bonchev–Trinajstić information content (AvgIpc) is 2.99. The Morgan fingerprint density at radius 1 is 1.25 bits per heavy atom. The summed E-state index contributed by atoms with van der Waals surface area (Å²) in [6, 6.07) is 0. The molecule has 20 heavy (non-hydrogen) atoms. The molecule has 5 nitrogen and oxygen atoms in total. The predicted molar refractivity (Wildman–Crippen MR) is 80.4 cm³/mol. The first-order chi connectivity index (χ1) is 9.61. The lowest BCUT2D eigenvalue weighted by Crippen LogP contribution is -2.22. The van der Waals surface area contributed by atoms with Crippen LogP contribution in [-0.2, 0) is 13.1 Å². The van der Waals surface area contributed by atoms with Crippen molar-refractivity contribution in [1.29, 1.82) is 0 Å². The Bertz CT molecular complexity index is 827. The predicted octanol–water partition coefficient (Wildman–Crippen LogP) is 2.34. The molecule has 3 aromatic heterocycles. The summed E-state index contributed by atoms with van der Waals surface area (Å²) in [5, 5.41) is 0.748. The fourth-order valence-electron chi connectivity index (χ4n) is 2.32. The zero-order chi connectivity index (χ0) is 14.3. The van der Waals surface area contributed by atoms with Crippen LogP contribution in [0.4, 0.5) is 0 Å². The van der Waals surface area contributed by atoms with E-state index in [4.69, 9.17) is 0 Å². The van der Waals surface area contributed by atoms with Gasteiger partial charge in [0.25, 0.3) is 5.56 Å². The maximum atomic E-state index is 12.6. The number of aryl methyl sites for hydroxylation is 3. The number of hydrogen-bond donors (Lipinski definition) is 0. The van der Waals surface area contributed by atoms with Crippen molar-refractivity contribution in [3.63, 3.8) is 0 Å². The van der Waals surface area contributed by atoms with Crippen LogP contribution in [-0.4, -0.2) is 19.1 Å². The zero-order valence-electron chi connectivity index (χ0n) is 11.8. The van der Waals surface area contributed by atoms with Crippen LogP contribution in [0.1, 0.15) is 23.1 Å². The maximum Gasteiger partial charge on any atom is 0.262 e. The van der Waals surface area contributed by atoms with Crippen LogP contribution in [0, 0.1) is 13.8 Å². The second-order valence-electron chi connectivity index (χ2n) is 4.81. The lowest BCUT2D eigenvalue weighted by Gasteiger charge is -2.07. The fraction of sp³-hybridized carbons (Fsp3) is 0.357. The maximum absolute atomic E-state index is 12.6. The smallest absolute Gasteiger partial charge is 0.262 e. The van der Waals surface area contributed by atoms with Gasteiger partial charge in [-0.25, -0.2) is 9.97 Å². The average molecular weight is 288 g/mol. The Morgan fingerprint density at radius 3 is 2.80 bits per heavy atom. The van der Waals surface area contributed by atoms with Gasteiger partial charge < -0.3 is 4.57 Å². The third-order valence-corrected chi connectivity index (χ3v) is 4.74. The molecule has 0 radical (unpaired) electrons. The third-order valence-electron chi connectivity index (χ3n) is 3.63. The van der Waals surface area contributed by atoms with Gasteiger partial charge in [-0.05, 0) is 26.3 Å². The molecule has 0 saturated heterocycles. The first kappa shape index (κ1) is 13.1. The van der Waals surface area contributed by atoms with Crippen LogP contribution in [0.5, 0.6) is 0 Å². The normalized spacial score (nSPS) is 11.3. The molecule has 0 aliphatic heterocycles. The van der Waals surface area contributed by atoms with E-state index in [1.807, 2.05) is 18.4 Å². The van der Waals surface area contributed by atoms with E-state index in [9.17, 15) is 4.79 Å². The second kappa shape index (κ2) is 4.86. The van der Waals surface area contributed by atoms with Gasteiger partial charge in [0.15, 0.2) is 0 Å². The Morgan fingerprint density at radius 2 is 2.05 bits per heavy atom. The fourth-order valence-corrected chi connectivity index (χ4v) is 3.31. The minimum absolute atomic E-state index is 0.0284. The highest BCUT2D eigenvalue weighted by Crippen LogP contribution is 2.25. The van der Waals surface area contributed by atoms with Gasteiger partial charge in [-0.1, -0.05) is 0 Å². The number of rotatable bonds is 3. The molecule has 0 spiro atoms. The third kappa shape index (κ3) is 1.96. The molecule has 3 aromatic rings. The van der Waals surface area contributed by atoms with Crippen molar-refractivity contribution in [2.45, 2.75) is 33.9 Å². The minimum Gasteiger partial charge on any atom is -0.333 e. The molecule has 6 heteroatoms. The molecule has 0 atom stereocenters. The summed E-state index contributed by atoms with van der Waals surface area (Å²) in [7, 11) is 0. The summed E-state index contributed by atoms with van der Waals surface area (Å²) in [5.41, 5.74) is 2.09. The van der Waals surface area contributed by atoms with Crippen LogP contribution in [0.25, 0.3) is 10.2 Å². The SMILES string of the molecule is CCn1cncc1Cn1cnc2sc(C)c(C)c2c1=O. The highest BCUT2D eigenvalue weighted by molar-refractivity contribution is 7.18. The van der Waals surface area contributed by atoms with Gasteiger partial charge in [-0.15, -0.1) is 11.3 Å². The van der Waals surface area contributed by atoms with Crippen LogP contribution in [0.15, 0.2) is 23.6 Å². The Kier molecular flexibility index (Phi) is 3.17. The monoisotopic (exact) mass is 288 g/mol. The molecule has 3 rings (SSSR count). The van der Waals surface area contributed by atoms with Crippen LogP contribution >= 0.6 is 11.3 Å². The topological polar surface area (TPSA) is 52.7 Å². The molecule has 3 heterocycles. The van der Waals surface area contributed by atoms with Gasteiger partial charge in [-0.2, -0.15) is 0 Å². The van der Waals surface area contributed by atoms with Gasteiger partial charge in [0, 0.05) is 17.6 Å². The summed E-state index contributed by atoms with van der Waals surface area (Å²) < 4.78 is 3.69. The molecule has 0 aliphatic carbocycles. The quantitative estimate of drug-likeness (QED) is 0.743. The number of hydrogen-bond acceptors (Lipinski definition) is 4. The summed E-state index contributed by atoms with van der Waals surface area (Å²) in [4.78, 5) is 23.1. The number of aromatic nitrogens is 4. The number of nitrogens with zero attached hydrogens (tertiary/aromatic N) is 4. The van der Waals surface area contributed by atoms with E-state index < -0.39 is 0 Å². The molecule has 0 saturated carbocycles. The van der Waals surface area contributed by atoms with Crippen molar-refractivity contribution < 1.29 is 0 Å². The Balaban J connectivity index is 2.11. The number of thiophene rings is 1. The Labute approximate surface area is 120 Å². The lowest BCUT2D eigenvalue weighted by atomic mass is 10.2. The molecular weight excluding hydrogens is 272 g/mol. The molecule has 0 bridgehead atoms. The van der Waals surface area contributed by atoms with Crippen LogP contribution < -0.4 is 5.56 Å². The van der Waals surface area contributed by atoms with Gasteiger partial charge >= 0.3 is 0 Å². The van der Waals surface area contributed by atoms with E-state index in [0.29, 0.717) is 6.54 Å². The summed E-state index contributed by atoms with van der Waals surface area (Å²) in [6.07, 6.45) is 5.21. The number of fused-ring (bicyclic) bond motifs is 1. The largest absolute Gasteiger partial charge is 0.333 e. The zero-order valence-corrected chi connectivity index (χ0v) is 12.6. The van der Waals surface area contributed by atoms with E-state index in [-0.39, 0.29) is 5.56 Å². The second-order valence-corrected chi connectivity index (χ2v) is 6.02. The first-order valence-corrected chi connectivity index (χ1v) is 7.37. The van der Waals surface area contributed by atoms with Gasteiger partial charge in [-0.3, -0.25) is 9.36 Å². The molecule has 0 unspecified atom stereocenters. The van der Waals surface area contributed by atoms with Crippen molar-refractivity contribution >= 4 is 21.6 Å². The van der Waals surface area contributed by atoms with E-state index in [1.54, 1.807) is 34.8 Å². The molecule has 0 amide bonds. The Hall–Kier alpha value is -1.95. The summed E-state index contributed by atoms with van der Waals surface area (Å²) >= 11 is 1.58. The van der Waals surface area contributed by atoms with E-state index in [2.05, 4.69) is 16.9 Å². The van der Waals surface area contributed by atoms with Crippen molar-refractivity contribution in [2.75, 3.05) is 0 Å².